The number of nitrogens with zero attached hydrogens (tertiary/aromatic N) is 3. The second-order valence-corrected chi connectivity index (χ2v) is 12.9. The molecule has 0 aliphatic heterocycles. The Balaban J connectivity index is 0.000000187. The number of anilines is 1. The van der Waals surface area contributed by atoms with Crippen molar-refractivity contribution in [3.63, 3.8) is 0 Å². The lowest BCUT2D eigenvalue weighted by molar-refractivity contribution is 0.601. The lowest BCUT2D eigenvalue weighted by Crippen LogP contribution is -2.14. The van der Waals surface area contributed by atoms with Crippen LogP contribution in [-0.2, 0) is 19.1 Å². The predicted octanol–water partition coefficient (Wildman–Crippen LogP) is 5.85. The molecule has 0 saturated heterocycles. The summed E-state index contributed by atoms with van der Waals surface area (Å²) in [6.07, 6.45) is 3.31. The average molecular weight is 673 g/mol. The van der Waals surface area contributed by atoms with Gasteiger partial charge in [-0.1, -0.05) is 23.7 Å². The van der Waals surface area contributed by atoms with Gasteiger partial charge in [0, 0.05) is 33.8 Å². The molecule has 5 rings (SSSR count). The third-order valence-corrected chi connectivity index (χ3v) is 8.55. The zero-order chi connectivity index (χ0) is 25.9. The Morgan fingerprint density at radius 1 is 0.750 bits per heavy atom. The molecular weight excluding hydrogens is 658 g/mol. The summed E-state index contributed by atoms with van der Waals surface area (Å²) in [5.41, 5.74) is 1.87. The van der Waals surface area contributed by atoms with Crippen molar-refractivity contribution in [2.45, 2.75) is 9.79 Å². The number of rotatable bonds is 4. The molecule has 0 aliphatic rings. The highest BCUT2D eigenvalue weighted by molar-refractivity contribution is 14.1. The lowest BCUT2D eigenvalue weighted by atomic mass is 10.2. The molecule has 3 heterocycles. The second-order valence-electron chi connectivity index (χ2n) is 7.23. The fourth-order valence-corrected chi connectivity index (χ4v) is 6.05. The maximum Gasteiger partial charge on any atom is 0.262 e. The van der Waals surface area contributed by atoms with Crippen molar-refractivity contribution in [1.29, 1.82) is 0 Å². The number of hydrogen-bond donors (Lipinski definition) is 1. The van der Waals surface area contributed by atoms with Crippen molar-refractivity contribution in [2.75, 3.05) is 4.72 Å². The molecular formula is C23H15Cl2IN4O4S2. The number of hydrogen-bond acceptors (Lipinski definition) is 7. The molecule has 0 radical (unpaired) electrons. The normalized spacial score (nSPS) is 11.6. The highest BCUT2D eigenvalue weighted by Crippen LogP contribution is 2.24. The van der Waals surface area contributed by atoms with E-state index in [1.807, 2.05) is 28.7 Å². The standard InChI is InChI=1S/C14H9ClIN3O2S.C9H6ClNO2S/c15-13-6-5-12(14(16)18-13)19-22(20,21)10-3-4-11-9(8-10)2-1-7-17-11;10-14(12,13)8-3-4-9-7(6-8)2-1-5-11-9/h1-8,19H;1-6H. The van der Waals surface area contributed by atoms with Gasteiger partial charge in [0.15, 0.2) is 0 Å². The Hall–Kier alpha value is -2.58. The number of pyridine rings is 3. The Bertz CT molecular complexity index is 1800. The van der Waals surface area contributed by atoms with Crippen molar-refractivity contribution in [2.24, 2.45) is 0 Å². The number of benzene rings is 2. The monoisotopic (exact) mass is 672 g/mol. The van der Waals surface area contributed by atoms with E-state index in [4.69, 9.17) is 22.3 Å². The topological polar surface area (TPSA) is 119 Å². The van der Waals surface area contributed by atoms with Crippen LogP contribution in [0.25, 0.3) is 21.8 Å². The first-order valence-electron chi connectivity index (χ1n) is 10.0. The van der Waals surface area contributed by atoms with E-state index >= 15 is 0 Å². The fraction of sp³-hybridized carbons (Fsp3) is 0. The van der Waals surface area contributed by atoms with E-state index in [1.54, 1.807) is 54.9 Å². The predicted molar refractivity (Wildman–Crippen MR) is 149 cm³/mol. The van der Waals surface area contributed by atoms with E-state index < -0.39 is 19.1 Å². The minimum Gasteiger partial charge on any atom is -0.277 e. The van der Waals surface area contributed by atoms with Gasteiger partial charge in [-0.3, -0.25) is 14.7 Å². The summed E-state index contributed by atoms with van der Waals surface area (Å²) in [6, 6.07) is 19.6. The van der Waals surface area contributed by atoms with Gasteiger partial charge in [-0.25, -0.2) is 21.8 Å². The zero-order valence-corrected chi connectivity index (χ0v) is 23.3. The molecule has 0 fully saturated rings. The summed E-state index contributed by atoms with van der Waals surface area (Å²) >= 11 is 7.70. The highest BCUT2D eigenvalue weighted by atomic mass is 127. The lowest BCUT2D eigenvalue weighted by Gasteiger charge is -2.10. The smallest absolute Gasteiger partial charge is 0.262 e. The quantitative estimate of drug-likeness (QED) is 0.145. The first kappa shape index (κ1) is 26.5. The van der Waals surface area contributed by atoms with Gasteiger partial charge in [0.25, 0.3) is 19.1 Å². The van der Waals surface area contributed by atoms with Crippen molar-refractivity contribution in [3.05, 3.63) is 94.0 Å². The van der Waals surface area contributed by atoms with Gasteiger partial charge in [-0.05, 0) is 83.3 Å². The van der Waals surface area contributed by atoms with E-state index in [1.165, 1.54) is 24.3 Å². The van der Waals surface area contributed by atoms with Gasteiger partial charge in [-0.15, -0.1) is 0 Å². The molecule has 2 aromatic carbocycles. The largest absolute Gasteiger partial charge is 0.277 e. The van der Waals surface area contributed by atoms with Crippen LogP contribution in [0.3, 0.4) is 0 Å². The number of fused-ring (bicyclic) bond motifs is 2. The Morgan fingerprint density at radius 3 is 1.86 bits per heavy atom. The Morgan fingerprint density at radius 2 is 1.31 bits per heavy atom. The second kappa shape index (κ2) is 10.8. The van der Waals surface area contributed by atoms with Crippen LogP contribution < -0.4 is 4.72 Å². The molecule has 0 amide bonds. The zero-order valence-electron chi connectivity index (χ0n) is 18.0. The molecule has 36 heavy (non-hydrogen) atoms. The summed E-state index contributed by atoms with van der Waals surface area (Å²) in [5, 5.41) is 1.83. The maximum atomic E-state index is 12.5. The first-order valence-corrected chi connectivity index (χ1v) is 15.3. The van der Waals surface area contributed by atoms with Crippen molar-refractivity contribution in [3.8, 4) is 0 Å². The van der Waals surface area contributed by atoms with Gasteiger partial charge >= 0.3 is 0 Å². The van der Waals surface area contributed by atoms with E-state index in [9.17, 15) is 16.8 Å². The van der Waals surface area contributed by atoms with Gasteiger partial charge in [-0.2, -0.15) is 0 Å². The summed E-state index contributed by atoms with van der Waals surface area (Å²) in [4.78, 5) is 12.5. The third kappa shape index (κ3) is 6.40. The molecule has 3 aromatic heterocycles. The molecule has 5 aromatic rings. The number of halogens is 3. The van der Waals surface area contributed by atoms with E-state index in [0.29, 0.717) is 14.5 Å². The number of sulfonamides is 1. The molecule has 0 saturated carbocycles. The minimum absolute atomic E-state index is 0.0969. The van der Waals surface area contributed by atoms with E-state index in [0.717, 1.165) is 21.8 Å². The maximum absolute atomic E-state index is 12.5. The summed E-state index contributed by atoms with van der Waals surface area (Å²) < 4.78 is 50.0. The first-order chi connectivity index (χ1) is 17.0. The summed E-state index contributed by atoms with van der Waals surface area (Å²) in [7, 11) is -2.14. The van der Waals surface area contributed by atoms with Gasteiger partial charge < -0.3 is 0 Å². The summed E-state index contributed by atoms with van der Waals surface area (Å²) in [5.74, 6) is 0. The van der Waals surface area contributed by atoms with Crippen molar-refractivity contribution < 1.29 is 16.8 Å². The minimum atomic E-state index is -3.71. The summed E-state index contributed by atoms with van der Waals surface area (Å²) in [6.45, 7) is 0. The molecule has 0 aliphatic carbocycles. The van der Waals surface area contributed by atoms with Crippen LogP contribution in [-0.4, -0.2) is 31.8 Å². The SMILES string of the molecule is O=S(=O)(Cl)c1ccc2ncccc2c1.O=S(=O)(Nc1ccc(Cl)nc1I)c1ccc2ncccc2c1. The van der Waals surface area contributed by atoms with Crippen LogP contribution in [0.5, 0.6) is 0 Å². The fourth-order valence-electron chi connectivity index (χ4n) is 3.12. The molecule has 0 spiro atoms. The van der Waals surface area contributed by atoms with E-state index in [-0.39, 0.29) is 9.79 Å². The van der Waals surface area contributed by atoms with Crippen LogP contribution in [0.2, 0.25) is 5.15 Å². The molecule has 184 valence electrons. The number of nitrogens with one attached hydrogen (secondary N) is 1. The van der Waals surface area contributed by atoms with Crippen LogP contribution in [0.1, 0.15) is 0 Å². The van der Waals surface area contributed by atoms with Crippen molar-refractivity contribution in [1.82, 2.24) is 15.0 Å². The highest BCUT2D eigenvalue weighted by Gasteiger charge is 2.17. The van der Waals surface area contributed by atoms with Crippen LogP contribution >= 0.6 is 44.9 Å². The number of aromatic nitrogens is 3. The Kier molecular flexibility index (Phi) is 7.95. The Labute approximate surface area is 230 Å². The molecule has 0 bridgehead atoms. The van der Waals surface area contributed by atoms with Crippen molar-refractivity contribution >= 4 is 91.4 Å². The average Bonchev–Trinajstić information content (AvgIpc) is 2.85. The van der Waals surface area contributed by atoms with Gasteiger partial charge in [0.2, 0.25) is 0 Å². The van der Waals surface area contributed by atoms with Gasteiger partial charge in [0.1, 0.15) is 8.85 Å². The van der Waals surface area contributed by atoms with Crippen LogP contribution in [0.15, 0.2) is 95.0 Å². The molecule has 0 unspecified atom stereocenters. The molecule has 0 atom stereocenters. The molecule has 8 nitrogen and oxygen atoms in total. The van der Waals surface area contributed by atoms with E-state index in [2.05, 4.69) is 19.7 Å². The molecule has 1 N–H and O–H groups in total. The van der Waals surface area contributed by atoms with Gasteiger partial charge in [0.05, 0.1) is 26.5 Å². The van der Waals surface area contributed by atoms with Crippen LogP contribution in [0, 0.1) is 3.70 Å². The third-order valence-electron chi connectivity index (χ3n) is 4.80. The molecule has 13 heteroatoms. The van der Waals surface area contributed by atoms with Crippen LogP contribution in [0.4, 0.5) is 5.69 Å².